The van der Waals surface area contributed by atoms with E-state index in [4.69, 9.17) is 4.42 Å². The summed E-state index contributed by atoms with van der Waals surface area (Å²) in [5.41, 5.74) is 4.13. The van der Waals surface area contributed by atoms with Gasteiger partial charge in [0.15, 0.2) is 0 Å². The zero-order valence-electron chi connectivity index (χ0n) is 25.0. The third-order valence-electron chi connectivity index (χ3n) is 8.35. The summed E-state index contributed by atoms with van der Waals surface area (Å²) >= 11 is 0. The molecule has 2 N–H and O–H groups in total. The molecule has 1 fully saturated rings. The second-order valence-corrected chi connectivity index (χ2v) is 11.4. The maximum Gasteiger partial charge on any atom is 0.262 e. The molecule has 0 bridgehead atoms. The zero-order valence-corrected chi connectivity index (χ0v) is 25.0. The van der Waals surface area contributed by atoms with Crippen LogP contribution in [-0.4, -0.2) is 45.5 Å². The number of para-hydroxylation sites is 1. The van der Waals surface area contributed by atoms with Gasteiger partial charge in [-0.05, 0) is 47.4 Å². The molecule has 7 rings (SSSR count). The Morgan fingerprint density at radius 3 is 2.55 bits per heavy atom. The Balaban J connectivity index is 1.05. The third-order valence-corrected chi connectivity index (χ3v) is 8.35. The first-order chi connectivity index (χ1) is 22.9. The fourth-order valence-corrected chi connectivity index (χ4v) is 6.02. The number of nitrogens with one attached hydrogen (secondary N) is 2. The number of carbonyl (C=O) groups is 5. The van der Waals surface area contributed by atoms with Crippen molar-refractivity contribution in [3.05, 3.63) is 136 Å². The molecular weight excluding hydrogens is 596 g/mol. The second-order valence-electron chi connectivity index (χ2n) is 11.4. The van der Waals surface area contributed by atoms with Crippen molar-refractivity contribution in [1.29, 1.82) is 0 Å². The lowest BCUT2D eigenvalue weighted by molar-refractivity contribution is -0.136. The molecule has 2 unspecified atom stereocenters. The predicted molar refractivity (Wildman–Crippen MR) is 173 cm³/mol. The molecule has 47 heavy (non-hydrogen) atoms. The third kappa shape index (κ3) is 5.84. The zero-order chi connectivity index (χ0) is 32.5. The van der Waals surface area contributed by atoms with Crippen LogP contribution in [0.5, 0.6) is 0 Å². The maximum atomic E-state index is 13.4. The lowest BCUT2D eigenvalue weighted by Gasteiger charge is -2.27. The predicted octanol–water partition coefficient (Wildman–Crippen LogP) is 4.85. The topological polar surface area (TPSA) is 139 Å². The van der Waals surface area contributed by atoms with Gasteiger partial charge in [0.05, 0.1) is 17.5 Å². The van der Waals surface area contributed by atoms with Crippen molar-refractivity contribution in [3.63, 3.8) is 0 Å². The normalized spacial score (nSPS) is 16.9. The molecule has 0 aliphatic carbocycles. The van der Waals surface area contributed by atoms with Crippen molar-refractivity contribution in [3.8, 4) is 0 Å². The van der Waals surface area contributed by atoms with E-state index >= 15 is 0 Å². The summed E-state index contributed by atoms with van der Waals surface area (Å²) in [6.45, 7) is 0. The van der Waals surface area contributed by atoms with Crippen molar-refractivity contribution in [2.45, 2.75) is 31.3 Å². The van der Waals surface area contributed by atoms with Crippen molar-refractivity contribution in [2.75, 3.05) is 0 Å². The molecule has 10 nitrogen and oxygen atoms in total. The first-order valence-electron chi connectivity index (χ1n) is 15.1. The van der Waals surface area contributed by atoms with E-state index in [1.165, 1.54) is 0 Å². The fourth-order valence-electron chi connectivity index (χ4n) is 6.02. The molecule has 2 aliphatic heterocycles. The summed E-state index contributed by atoms with van der Waals surface area (Å²) in [6, 6.07) is 24.2. The molecule has 0 saturated carbocycles. The van der Waals surface area contributed by atoms with Crippen LogP contribution in [0.2, 0.25) is 0 Å². The van der Waals surface area contributed by atoms with Crippen LogP contribution < -0.4 is 10.6 Å². The number of hydrogen-bond donors (Lipinski definition) is 2. The van der Waals surface area contributed by atoms with Crippen molar-refractivity contribution >= 4 is 52.7 Å². The highest BCUT2D eigenvalue weighted by Crippen LogP contribution is 2.31. The number of nitrogens with zero attached hydrogens (tertiary/aromatic N) is 2. The van der Waals surface area contributed by atoms with E-state index in [9.17, 15) is 24.0 Å². The average molecular weight is 625 g/mol. The van der Waals surface area contributed by atoms with Crippen LogP contribution in [0.1, 0.15) is 67.6 Å². The first-order valence-corrected chi connectivity index (χ1v) is 15.1. The van der Waals surface area contributed by atoms with E-state index in [0.29, 0.717) is 11.3 Å². The van der Waals surface area contributed by atoms with Crippen LogP contribution in [0.4, 0.5) is 0 Å². The summed E-state index contributed by atoms with van der Waals surface area (Å²) in [6.07, 6.45) is 7.22. The molecule has 1 saturated heterocycles. The molecule has 2 aromatic heterocycles. The Morgan fingerprint density at radius 2 is 1.79 bits per heavy atom. The number of pyridine rings is 1. The Morgan fingerprint density at radius 1 is 0.957 bits per heavy atom. The Bertz CT molecular complexity index is 2050. The van der Waals surface area contributed by atoms with Gasteiger partial charge in [0.2, 0.25) is 17.7 Å². The second kappa shape index (κ2) is 12.3. The number of furan rings is 1. The molecule has 2 aliphatic rings. The number of rotatable bonds is 8. The Kier molecular flexibility index (Phi) is 7.75. The van der Waals surface area contributed by atoms with Gasteiger partial charge < -0.3 is 9.73 Å². The van der Waals surface area contributed by atoms with Crippen LogP contribution >= 0.6 is 0 Å². The monoisotopic (exact) mass is 624 g/mol. The highest BCUT2D eigenvalue weighted by molar-refractivity contribution is 6.24. The van der Waals surface area contributed by atoms with Crippen LogP contribution in [-0.2, 0) is 20.8 Å². The van der Waals surface area contributed by atoms with Crippen molar-refractivity contribution in [2.24, 2.45) is 0 Å². The minimum atomic E-state index is -1.03. The lowest BCUT2D eigenvalue weighted by Crippen LogP contribution is -2.54. The van der Waals surface area contributed by atoms with E-state index in [1.54, 1.807) is 36.7 Å². The van der Waals surface area contributed by atoms with Gasteiger partial charge in [0.1, 0.15) is 23.4 Å². The Labute approximate surface area is 269 Å². The number of aromatic nitrogens is 1. The average Bonchev–Trinajstić information content (AvgIpc) is 3.62. The number of carbonyl (C=O) groups excluding carboxylic acids is 5. The minimum absolute atomic E-state index is 0.0562. The molecular formula is C37H28N4O6. The van der Waals surface area contributed by atoms with Gasteiger partial charge in [-0.3, -0.25) is 39.2 Å². The number of hydrogen-bond acceptors (Lipinski definition) is 7. The minimum Gasteiger partial charge on any atom is -0.459 e. The number of imide groups is 2. The maximum absolute atomic E-state index is 13.4. The highest BCUT2D eigenvalue weighted by Gasteiger charge is 2.45. The van der Waals surface area contributed by atoms with Gasteiger partial charge in [0.25, 0.3) is 11.8 Å². The molecule has 0 spiro atoms. The summed E-state index contributed by atoms with van der Waals surface area (Å²) in [7, 11) is 0. The van der Waals surface area contributed by atoms with Gasteiger partial charge in [-0.25, -0.2) is 0 Å². The van der Waals surface area contributed by atoms with Crippen molar-refractivity contribution in [1.82, 2.24) is 20.5 Å². The smallest absolute Gasteiger partial charge is 0.262 e. The standard InChI is InChI=1S/C37H28N4O6/c42-31-17-16-28(35(44)40-31)41-36(45)27-8-3-6-24(33(27)37(41)46)15-14-22-10-12-23(13-11-22)19-32(43)39-34(26-7-4-18-38-21-26)30-20-25-5-1-2-9-29(25)47-30/h1-15,18,20-21,28,34H,16-17,19H2,(H,39,43)(H,40,42,44)/b15-14-. The molecule has 3 aromatic carbocycles. The first kappa shape index (κ1) is 29.5. The largest absolute Gasteiger partial charge is 0.459 e. The molecule has 5 aromatic rings. The van der Waals surface area contributed by atoms with E-state index < -0.39 is 35.7 Å². The molecule has 2 atom stereocenters. The molecule has 5 amide bonds. The van der Waals surface area contributed by atoms with Gasteiger partial charge in [-0.15, -0.1) is 0 Å². The molecule has 10 heteroatoms. The summed E-state index contributed by atoms with van der Waals surface area (Å²) < 4.78 is 6.08. The van der Waals surface area contributed by atoms with Crippen LogP contribution in [0.25, 0.3) is 23.1 Å². The Hall–Kier alpha value is -6.16. The lowest BCUT2D eigenvalue weighted by atomic mass is 10.0. The van der Waals surface area contributed by atoms with E-state index in [1.807, 2.05) is 72.8 Å². The number of benzene rings is 3. The van der Waals surface area contributed by atoms with Gasteiger partial charge in [-0.2, -0.15) is 0 Å². The summed E-state index contributed by atoms with van der Waals surface area (Å²) in [4.78, 5) is 68.9. The SMILES string of the molecule is O=C1CCC(N2C(=O)c3cccc(/C=C\c4ccc(CC(=O)NC(c5cccnc5)c5cc6ccccc6o5)cc4)c3C2=O)C(=O)N1. The summed E-state index contributed by atoms with van der Waals surface area (Å²) in [5, 5.41) is 6.25. The highest BCUT2D eigenvalue weighted by atomic mass is 16.3. The number of amides is 5. The number of fused-ring (bicyclic) bond motifs is 2. The van der Waals surface area contributed by atoms with E-state index in [2.05, 4.69) is 15.6 Å². The van der Waals surface area contributed by atoms with Crippen molar-refractivity contribution < 1.29 is 28.4 Å². The van der Waals surface area contributed by atoms with Crippen LogP contribution in [0.15, 0.2) is 102 Å². The van der Waals surface area contributed by atoms with Gasteiger partial charge in [-0.1, -0.05) is 72.8 Å². The van der Waals surface area contributed by atoms with Gasteiger partial charge >= 0.3 is 0 Å². The molecule has 232 valence electrons. The van der Waals surface area contributed by atoms with Crippen LogP contribution in [0.3, 0.4) is 0 Å². The van der Waals surface area contributed by atoms with Crippen LogP contribution in [0, 0.1) is 0 Å². The fraction of sp³-hybridized carbons (Fsp3) is 0.135. The van der Waals surface area contributed by atoms with E-state index in [-0.39, 0.29) is 36.3 Å². The summed E-state index contributed by atoms with van der Waals surface area (Å²) in [5.74, 6) is -1.76. The van der Waals surface area contributed by atoms with Gasteiger partial charge in [0, 0.05) is 29.8 Å². The molecule has 4 heterocycles. The molecule has 0 radical (unpaired) electrons. The number of piperidine rings is 1. The van der Waals surface area contributed by atoms with E-state index in [0.717, 1.165) is 32.6 Å². The quantitative estimate of drug-likeness (QED) is 0.186.